The second-order valence-corrected chi connectivity index (χ2v) is 8.43. The molecular weight excluding hydrogens is 487 g/mol. The number of benzene rings is 1. The first-order chi connectivity index (χ1) is 17.0. The number of anilines is 1. The van der Waals surface area contributed by atoms with Crippen molar-refractivity contribution < 1.29 is 36.2 Å². The molecule has 1 atom stereocenters. The number of hydrogen-bond acceptors (Lipinski definition) is 6. The highest BCUT2D eigenvalue weighted by atomic mass is 19.3. The Morgan fingerprint density at radius 2 is 1.78 bits per heavy atom. The predicted molar refractivity (Wildman–Crippen MR) is 118 cm³/mol. The second kappa shape index (κ2) is 10.1. The normalized spacial score (nSPS) is 17.2. The van der Waals surface area contributed by atoms with Gasteiger partial charge < -0.3 is 14.8 Å². The number of nitrogens with zero attached hydrogens (tertiary/aromatic N) is 3. The molecule has 12 heteroatoms. The van der Waals surface area contributed by atoms with Gasteiger partial charge in [0, 0.05) is 42.2 Å². The van der Waals surface area contributed by atoms with Crippen molar-refractivity contribution in [1.82, 2.24) is 15.0 Å². The van der Waals surface area contributed by atoms with Gasteiger partial charge in [-0.1, -0.05) is 0 Å². The summed E-state index contributed by atoms with van der Waals surface area (Å²) in [5.41, 5.74) is -0.503. The molecule has 190 valence electrons. The van der Waals surface area contributed by atoms with Gasteiger partial charge >= 0.3 is 6.01 Å². The van der Waals surface area contributed by atoms with Gasteiger partial charge in [-0.3, -0.25) is 9.78 Å². The van der Waals surface area contributed by atoms with Crippen molar-refractivity contribution in [3.05, 3.63) is 65.5 Å². The van der Waals surface area contributed by atoms with Gasteiger partial charge in [0.15, 0.2) is 11.6 Å². The lowest BCUT2D eigenvalue weighted by atomic mass is 9.97. The molecule has 1 fully saturated rings. The lowest BCUT2D eigenvalue weighted by Crippen LogP contribution is -2.31. The van der Waals surface area contributed by atoms with Crippen molar-refractivity contribution in [2.75, 3.05) is 11.9 Å². The van der Waals surface area contributed by atoms with Gasteiger partial charge in [-0.05, 0) is 32.4 Å². The van der Waals surface area contributed by atoms with Crippen LogP contribution in [0.2, 0.25) is 0 Å². The van der Waals surface area contributed by atoms with Crippen molar-refractivity contribution in [3.63, 3.8) is 0 Å². The number of carbonyl (C=O) groups excluding carboxylic acids is 1. The Balaban J connectivity index is 1.74. The number of pyridine rings is 1. The highest BCUT2D eigenvalue weighted by molar-refractivity contribution is 6.06. The van der Waals surface area contributed by atoms with Crippen LogP contribution in [0.1, 0.15) is 48.8 Å². The van der Waals surface area contributed by atoms with E-state index in [2.05, 4.69) is 20.3 Å². The van der Waals surface area contributed by atoms with E-state index in [1.165, 1.54) is 24.7 Å². The quantitative estimate of drug-likeness (QED) is 0.351. The highest BCUT2D eigenvalue weighted by Crippen LogP contribution is 2.41. The topological polar surface area (TPSA) is 86.2 Å². The van der Waals surface area contributed by atoms with E-state index in [0.717, 1.165) is 0 Å². The van der Waals surface area contributed by atoms with Gasteiger partial charge in [0.2, 0.25) is 0 Å². The lowest BCUT2D eigenvalue weighted by Gasteiger charge is -2.30. The summed E-state index contributed by atoms with van der Waals surface area (Å²) < 4.78 is 80.2. The van der Waals surface area contributed by atoms with Crippen LogP contribution in [-0.4, -0.2) is 39.5 Å². The molecule has 3 heterocycles. The molecule has 0 aliphatic carbocycles. The largest absolute Gasteiger partial charge is 0.461 e. The maximum atomic E-state index is 14.7. The molecule has 2 aromatic heterocycles. The van der Waals surface area contributed by atoms with Crippen LogP contribution in [0.25, 0.3) is 11.1 Å². The number of aromatic nitrogens is 3. The Kier molecular flexibility index (Phi) is 7.16. The van der Waals surface area contributed by atoms with E-state index in [0.29, 0.717) is 12.1 Å². The van der Waals surface area contributed by atoms with E-state index < -0.39 is 48.4 Å². The Morgan fingerprint density at radius 3 is 2.42 bits per heavy atom. The second-order valence-electron chi connectivity index (χ2n) is 8.43. The molecule has 1 aromatic carbocycles. The van der Waals surface area contributed by atoms with Crippen LogP contribution in [0.5, 0.6) is 6.01 Å². The van der Waals surface area contributed by atoms with Gasteiger partial charge in [-0.15, -0.1) is 0 Å². The molecule has 4 rings (SSSR count). The number of ether oxygens (including phenoxy) is 2. The number of carbonyl (C=O) groups is 1. The van der Waals surface area contributed by atoms with Crippen molar-refractivity contribution >= 4 is 11.6 Å². The van der Waals surface area contributed by atoms with Gasteiger partial charge in [-0.2, -0.15) is 0 Å². The zero-order chi connectivity index (χ0) is 26.0. The molecule has 0 saturated carbocycles. The number of halogens is 5. The van der Waals surface area contributed by atoms with E-state index in [9.17, 15) is 26.7 Å². The number of alkyl halides is 2. The van der Waals surface area contributed by atoms with Crippen LogP contribution < -0.4 is 10.1 Å². The molecule has 0 bridgehead atoms. The summed E-state index contributed by atoms with van der Waals surface area (Å²) in [5.74, 6) is -7.58. The Hall–Kier alpha value is -3.67. The maximum Gasteiger partial charge on any atom is 0.316 e. The summed E-state index contributed by atoms with van der Waals surface area (Å²) in [7, 11) is 0. The van der Waals surface area contributed by atoms with Crippen LogP contribution in [0.3, 0.4) is 0 Å². The third-order valence-corrected chi connectivity index (χ3v) is 5.32. The average molecular weight is 508 g/mol. The van der Waals surface area contributed by atoms with Crippen molar-refractivity contribution in [2.24, 2.45) is 0 Å². The average Bonchev–Trinajstić information content (AvgIpc) is 2.82. The monoisotopic (exact) mass is 508 g/mol. The number of nitrogens with one attached hydrogen (secondary N) is 1. The van der Waals surface area contributed by atoms with Crippen LogP contribution >= 0.6 is 0 Å². The van der Waals surface area contributed by atoms with E-state index in [-0.39, 0.29) is 46.6 Å². The molecule has 36 heavy (non-hydrogen) atoms. The van der Waals surface area contributed by atoms with E-state index in [1.807, 2.05) is 0 Å². The molecule has 3 aromatic rings. The van der Waals surface area contributed by atoms with Crippen molar-refractivity contribution in [2.45, 2.75) is 44.8 Å². The first kappa shape index (κ1) is 25.4. The minimum atomic E-state index is -3.03. The zero-order valence-corrected chi connectivity index (χ0v) is 19.2. The SMILES string of the molecule is CC(C)Oc1ncc(C(=O)Nc2c(-c3cc(F)c(F)cc3F)ccnc2[C@H]2CCC(F)(F)CO2)cn1. The minimum absolute atomic E-state index is 0.00582. The van der Waals surface area contributed by atoms with Gasteiger partial charge in [0.25, 0.3) is 11.8 Å². The van der Waals surface area contributed by atoms with Gasteiger partial charge in [0.1, 0.15) is 18.5 Å². The molecule has 1 amide bonds. The summed E-state index contributed by atoms with van der Waals surface area (Å²) in [6, 6.07) is 2.33. The third kappa shape index (κ3) is 5.59. The van der Waals surface area contributed by atoms with Crippen LogP contribution in [0.4, 0.5) is 27.6 Å². The molecule has 0 spiro atoms. The predicted octanol–water partition coefficient (Wildman–Crippen LogP) is 5.48. The summed E-state index contributed by atoms with van der Waals surface area (Å²) in [5, 5.41) is 2.56. The zero-order valence-electron chi connectivity index (χ0n) is 19.2. The van der Waals surface area contributed by atoms with Crippen LogP contribution in [0, 0.1) is 17.5 Å². The lowest BCUT2D eigenvalue weighted by molar-refractivity contribution is -0.146. The maximum absolute atomic E-state index is 14.7. The molecule has 1 N–H and O–H groups in total. The fraction of sp³-hybridized carbons (Fsp3) is 0.333. The van der Waals surface area contributed by atoms with E-state index in [1.54, 1.807) is 13.8 Å². The first-order valence-corrected chi connectivity index (χ1v) is 11.0. The first-order valence-electron chi connectivity index (χ1n) is 11.0. The van der Waals surface area contributed by atoms with E-state index in [4.69, 9.17) is 9.47 Å². The van der Waals surface area contributed by atoms with Gasteiger partial charge in [0.05, 0.1) is 23.0 Å². The Morgan fingerprint density at radius 1 is 1.08 bits per heavy atom. The van der Waals surface area contributed by atoms with Crippen molar-refractivity contribution in [3.8, 4) is 17.1 Å². The third-order valence-electron chi connectivity index (χ3n) is 5.32. The minimum Gasteiger partial charge on any atom is -0.461 e. The van der Waals surface area contributed by atoms with Crippen LogP contribution in [-0.2, 0) is 4.74 Å². The summed E-state index contributed by atoms with van der Waals surface area (Å²) >= 11 is 0. The molecule has 1 saturated heterocycles. The molecule has 0 radical (unpaired) electrons. The highest BCUT2D eigenvalue weighted by Gasteiger charge is 2.38. The van der Waals surface area contributed by atoms with E-state index >= 15 is 0 Å². The smallest absolute Gasteiger partial charge is 0.316 e. The van der Waals surface area contributed by atoms with Crippen LogP contribution in [0.15, 0.2) is 36.8 Å². The molecular formula is C24H21F5N4O3. The Bertz CT molecular complexity index is 1260. The molecule has 1 aliphatic heterocycles. The summed E-state index contributed by atoms with van der Waals surface area (Å²) in [4.78, 5) is 25.1. The molecule has 7 nitrogen and oxygen atoms in total. The fourth-order valence-corrected chi connectivity index (χ4v) is 3.63. The summed E-state index contributed by atoms with van der Waals surface area (Å²) in [6.07, 6.45) is 1.83. The molecule has 1 aliphatic rings. The van der Waals surface area contributed by atoms with Crippen molar-refractivity contribution in [1.29, 1.82) is 0 Å². The molecule has 0 unspecified atom stereocenters. The fourth-order valence-electron chi connectivity index (χ4n) is 3.63. The number of amides is 1. The number of hydrogen-bond donors (Lipinski definition) is 1. The van der Waals surface area contributed by atoms with Gasteiger partial charge in [-0.25, -0.2) is 31.9 Å². The standard InChI is InChI=1S/C24H21F5N4O3/c1-12(2)36-23-31-9-13(10-32-23)22(34)33-20-14(15-7-17(26)18(27)8-16(15)25)4-6-30-21(20)19-3-5-24(28,29)11-35-19/h4,6-10,12,19H,3,5,11H2,1-2H3,(H,33,34)/t19-/m1/s1. The number of rotatable bonds is 6. The summed E-state index contributed by atoms with van der Waals surface area (Å²) in [6.45, 7) is 2.67. The Labute approximate surface area is 202 Å².